The molecule has 0 spiro atoms. The average Bonchev–Trinajstić information content (AvgIpc) is 1.31. The van der Waals surface area contributed by atoms with Crippen LogP contribution in [0.15, 0.2) is 0 Å². The maximum Gasteiger partial charge on any atom is 0.0642 e. The topological polar surface area (TPSA) is 21.3 Å². The van der Waals surface area contributed by atoms with Gasteiger partial charge in [-0.25, -0.2) is 0 Å². The van der Waals surface area contributed by atoms with Crippen LogP contribution in [0.5, 0.6) is 0 Å². The van der Waals surface area contributed by atoms with E-state index in [0.29, 0.717) is 6.04 Å². The molecule has 1 aliphatic rings. The van der Waals surface area contributed by atoms with Gasteiger partial charge in [0.2, 0.25) is 0 Å². The molecule has 1 heterocycles. The number of hydrogen-bond donors (Lipinski definition) is 1. The molecule has 1 N–H and O–H groups in total. The van der Waals surface area contributed by atoms with E-state index in [1.165, 1.54) is 0 Å². The predicted molar refractivity (Wildman–Crippen MR) is 23.7 cm³/mol. The highest BCUT2D eigenvalue weighted by Gasteiger charge is 2.13. The highest BCUT2D eigenvalue weighted by Crippen LogP contribution is 1.96. The summed E-state index contributed by atoms with van der Waals surface area (Å²) in [6.45, 7) is 1.80. The van der Waals surface area contributed by atoms with E-state index >= 15 is 0 Å². The van der Waals surface area contributed by atoms with Gasteiger partial charge < -0.3 is 10.1 Å². The van der Waals surface area contributed by atoms with E-state index in [-0.39, 0.29) is 0 Å². The molecular weight excluding hydrogens is 78.0 g/mol. The second-order valence-corrected chi connectivity index (χ2v) is 1.52. The Balaban J connectivity index is 2.01. The van der Waals surface area contributed by atoms with Crippen molar-refractivity contribution in [3.05, 3.63) is 0 Å². The molecule has 0 radical (unpaired) electrons. The van der Waals surface area contributed by atoms with Gasteiger partial charge >= 0.3 is 0 Å². The molecule has 1 rings (SSSR count). The van der Waals surface area contributed by atoms with Gasteiger partial charge in [-0.05, 0) is 7.05 Å². The molecule has 0 bridgehead atoms. The fourth-order valence-electron chi connectivity index (χ4n) is 0.402. The van der Waals surface area contributed by atoms with Crippen molar-refractivity contribution in [2.24, 2.45) is 0 Å². The monoisotopic (exact) mass is 87.1 g/mol. The zero-order valence-electron chi connectivity index (χ0n) is 3.90. The van der Waals surface area contributed by atoms with Crippen molar-refractivity contribution in [1.29, 1.82) is 0 Å². The molecule has 0 aromatic heterocycles. The summed E-state index contributed by atoms with van der Waals surface area (Å²) < 4.78 is 4.86. The number of likely N-dealkylation sites (N-methyl/N-ethyl adjacent to an activating group) is 1. The zero-order chi connectivity index (χ0) is 4.41. The summed E-state index contributed by atoms with van der Waals surface area (Å²) in [6.07, 6.45) is 0. The molecule has 2 nitrogen and oxygen atoms in total. The molecule has 1 saturated heterocycles. The molecule has 0 aliphatic carbocycles. The molecule has 0 aromatic carbocycles. The summed E-state index contributed by atoms with van der Waals surface area (Å²) in [6, 6.07) is 0.644. The van der Waals surface area contributed by atoms with Crippen molar-refractivity contribution in [1.82, 2.24) is 5.32 Å². The van der Waals surface area contributed by atoms with Crippen molar-refractivity contribution in [2.75, 3.05) is 20.3 Å². The second kappa shape index (κ2) is 1.58. The first-order valence-corrected chi connectivity index (χ1v) is 2.18. The Labute approximate surface area is 37.5 Å². The number of nitrogens with one attached hydrogen (secondary N) is 1. The molecule has 0 atom stereocenters. The van der Waals surface area contributed by atoms with Crippen molar-refractivity contribution in [3.8, 4) is 0 Å². The van der Waals surface area contributed by atoms with Crippen LogP contribution in [0.2, 0.25) is 0 Å². The summed E-state index contributed by atoms with van der Waals surface area (Å²) in [7, 11) is 1.95. The highest BCUT2D eigenvalue weighted by molar-refractivity contribution is 4.69. The standard InChI is InChI=1S/C4H9NO/c1-5-4-2-6-3-4/h4-5H,2-3H2,1H3. The molecule has 1 fully saturated rings. The Morgan fingerprint density at radius 1 is 1.67 bits per heavy atom. The Kier molecular flexibility index (Phi) is 1.08. The quantitative estimate of drug-likeness (QED) is 0.470. The summed E-state index contributed by atoms with van der Waals surface area (Å²) >= 11 is 0. The van der Waals surface area contributed by atoms with Crippen LogP contribution in [0.1, 0.15) is 0 Å². The minimum absolute atomic E-state index is 0.644. The molecule has 36 valence electrons. The van der Waals surface area contributed by atoms with Crippen molar-refractivity contribution in [2.45, 2.75) is 6.04 Å². The summed E-state index contributed by atoms with van der Waals surface area (Å²) in [5.74, 6) is 0. The lowest BCUT2D eigenvalue weighted by atomic mass is 10.3. The SMILES string of the molecule is CNC1COC1. The van der Waals surface area contributed by atoms with Crippen LogP contribution in [0.25, 0.3) is 0 Å². The fraction of sp³-hybridized carbons (Fsp3) is 1.00. The van der Waals surface area contributed by atoms with Gasteiger partial charge in [0.05, 0.1) is 19.3 Å². The Hall–Kier alpha value is -0.0800. The van der Waals surface area contributed by atoms with Gasteiger partial charge in [0.25, 0.3) is 0 Å². The number of rotatable bonds is 1. The van der Waals surface area contributed by atoms with Crippen LogP contribution in [0.4, 0.5) is 0 Å². The summed E-state index contributed by atoms with van der Waals surface area (Å²) in [5.41, 5.74) is 0. The lowest BCUT2D eigenvalue weighted by molar-refractivity contribution is -0.00169. The Morgan fingerprint density at radius 3 is 2.33 bits per heavy atom. The van der Waals surface area contributed by atoms with Crippen LogP contribution in [-0.2, 0) is 4.74 Å². The molecule has 2 heteroatoms. The first-order valence-electron chi connectivity index (χ1n) is 2.18. The molecule has 0 saturated carbocycles. The first kappa shape index (κ1) is 4.09. The largest absolute Gasteiger partial charge is 0.378 e. The van der Waals surface area contributed by atoms with E-state index in [0.717, 1.165) is 13.2 Å². The van der Waals surface area contributed by atoms with E-state index in [2.05, 4.69) is 5.32 Å². The van der Waals surface area contributed by atoms with Gasteiger partial charge in [0, 0.05) is 0 Å². The molecule has 6 heavy (non-hydrogen) atoms. The highest BCUT2D eigenvalue weighted by atomic mass is 16.5. The van der Waals surface area contributed by atoms with Crippen LogP contribution in [-0.4, -0.2) is 26.3 Å². The van der Waals surface area contributed by atoms with E-state index in [4.69, 9.17) is 4.74 Å². The minimum Gasteiger partial charge on any atom is -0.378 e. The number of ether oxygens (including phenoxy) is 1. The third kappa shape index (κ3) is 0.533. The summed E-state index contributed by atoms with van der Waals surface area (Å²) in [4.78, 5) is 0. The molecular formula is C4H9NO. The third-order valence-electron chi connectivity index (χ3n) is 1.05. The Bertz CT molecular complexity index is 40.1. The Morgan fingerprint density at radius 2 is 2.33 bits per heavy atom. The first-order chi connectivity index (χ1) is 2.93. The van der Waals surface area contributed by atoms with Gasteiger partial charge in [-0.1, -0.05) is 0 Å². The van der Waals surface area contributed by atoms with Gasteiger partial charge in [-0.15, -0.1) is 0 Å². The molecule has 0 amide bonds. The smallest absolute Gasteiger partial charge is 0.0642 e. The van der Waals surface area contributed by atoms with Crippen LogP contribution >= 0.6 is 0 Å². The van der Waals surface area contributed by atoms with Crippen LogP contribution in [0, 0.1) is 0 Å². The maximum absolute atomic E-state index is 4.86. The normalized spacial score (nSPS) is 23.5. The summed E-state index contributed by atoms with van der Waals surface area (Å²) in [5, 5.41) is 3.08. The minimum atomic E-state index is 0.644. The van der Waals surface area contributed by atoms with E-state index in [9.17, 15) is 0 Å². The zero-order valence-corrected chi connectivity index (χ0v) is 3.90. The molecule has 0 unspecified atom stereocenters. The number of hydrogen-bond acceptors (Lipinski definition) is 2. The van der Waals surface area contributed by atoms with Gasteiger partial charge in [-0.2, -0.15) is 0 Å². The van der Waals surface area contributed by atoms with Crippen LogP contribution in [0.3, 0.4) is 0 Å². The van der Waals surface area contributed by atoms with Gasteiger partial charge in [-0.3, -0.25) is 0 Å². The van der Waals surface area contributed by atoms with E-state index in [1.54, 1.807) is 0 Å². The lowest BCUT2D eigenvalue weighted by Crippen LogP contribution is -2.43. The van der Waals surface area contributed by atoms with E-state index < -0.39 is 0 Å². The third-order valence-corrected chi connectivity index (χ3v) is 1.05. The fourth-order valence-corrected chi connectivity index (χ4v) is 0.402. The van der Waals surface area contributed by atoms with Crippen LogP contribution < -0.4 is 5.32 Å². The van der Waals surface area contributed by atoms with Crippen molar-refractivity contribution < 1.29 is 4.74 Å². The van der Waals surface area contributed by atoms with Gasteiger partial charge in [0.1, 0.15) is 0 Å². The molecule has 0 aromatic rings. The lowest BCUT2D eigenvalue weighted by Gasteiger charge is -2.24. The maximum atomic E-state index is 4.86. The predicted octanol–water partition coefficient (Wildman–Crippen LogP) is -0.395. The average molecular weight is 87.1 g/mol. The molecule has 1 aliphatic heterocycles. The van der Waals surface area contributed by atoms with Crippen molar-refractivity contribution >= 4 is 0 Å². The van der Waals surface area contributed by atoms with E-state index in [1.807, 2.05) is 7.05 Å². The second-order valence-electron chi connectivity index (χ2n) is 1.52. The van der Waals surface area contributed by atoms with Gasteiger partial charge in [0.15, 0.2) is 0 Å². The van der Waals surface area contributed by atoms with Crippen molar-refractivity contribution in [3.63, 3.8) is 0 Å².